The first kappa shape index (κ1) is 36.5. The largest absolute Gasteiger partial charge is 0.495 e. The Kier molecular flexibility index (Phi) is 12.9. The summed E-state index contributed by atoms with van der Waals surface area (Å²) >= 11 is 0. The molecule has 2 N–H and O–H groups in total. The molecule has 0 saturated carbocycles. The number of hydrogen-bond donors (Lipinski definition) is 2. The Labute approximate surface area is 290 Å². The van der Waals surface area contributed by atoms with E-state index in [1.807, 2.05) is 24.3 Å². The lowest BCUT2D eigenvalue weighted by Gasteiger charge is -2.27. The maximum absolute atomic E-state index is 13.8. The van der Waals surface area contributed by atoms with E-state index >= 15 is 0 Å². The molecule has 0 unspecified atom stereocenters. The fourth-order valence-corrected chi connectivity index (χ4v) is 4.80. The number of hydrogen-bond acceptors (Lipinski definition) is 8. The van der Waals surface area contributed by atoms with Gasteiger partial charge in [-0.05, 0) is 54.1 Å². The third-order valence-corrected chi connectivity index (χ3v) is 7.63. The number of nitrogens with one attached hydrogen (secondary N) is 2. The Bertz CT molecular complexity index is 1800. The van der Waals surface area contributed by atoms with Gasteiger partial charge in [-0.1, -0.05) is 54.6 Å². The van der Waals surface area contributed by atoms with Crippen molar-refractivity contribution in [3.05, 3.63) is 109 Å². The van der Waals surface area contributed by atoms with E-state index in [1.54, 1.807) is 93.0 Å². The second kappa shape index (κ2) is 17.7. The maximum Gasteiger partial charge on any atom is 0.319 e. The van der Waals surface area contributed by atoms with Crippen LogP contribution in [0.15, 0.2) is 103 Å². The summed E-state index contributed by atoms with van der Waals surface area (Å²) in [6, 6.07) is 28.6. The molecular weight excluding hydrogens is 642 g/mol. The Hall–Kier alpha value is -6.37. The molecule has 5 amide bonds. The van der Waals surface area contributed by atoms with Gasteiger partial charge in [-0.2, -0.15) is 0 Å². The molecule has 50 heavy (non-hydrogen) atoms. The third-order valence-electron chi connectivity index (χ3n) is 7.63. The monoisotopic (exact) mass is 681 g/mol. The number of anilines is 4. The van der Waals surface area contributed by atoms with Crippen molar-refractivity contribution in [1.29, 1.82) is 0 Å². The molecule has 13 nitrogen and oxygen atoms in total. The summed E-state index contributed by atoms with van der Waals surface area (Å²) in [5.41, 5.74) is 2.35. The number of methoxy groups -OCH3 is 2. The van der Waals surface area contributed by atoms with Gasteiger partial charge in [0.25, 0.3) is 5.91 Å². The number of esters is 1. The summed E-state index contributed by atoms with van der Waals surface area (Å²) < 4.78 is 16.0. The molecule has 0 spiro atoms. The van der Waals surface area contributed by atoms with E-state index in [9.17, 15) is 24.0 Å². The lowest BCUT2D eigenvalue weighted by molar-refractivity contribution is -0.139. The van der Waals surface area contributed by atoms with E-state index < -0.39 is 36.9 Å². The fourth-order valence-electron chi connectivity index (χ4n) is 4.80. The van der Waals surface area contributed by atoms with Gasteiger partial charge in [-0.3, -0.25) is 24.1 Å². The van der Waals surface area contributed by atoms with Crippen LogP contribution in [0.3, 0.4) is 0 Å². The SMILES string of the molecule is COC(=O)Cc1ccc(OC)c(NC(=O)NCC(=O)N(CC(=O)N(C)c2ccccc2)c2ccccc2OCC(=O)N(C)c2ccccc2)c1. The molecule has 0 atom stereocenters. The Morgan fingerprint density at radius 2 is 1.28 bits per heavy atom. The summed E-state index contributed by atoms with van der Waals surface area (Å²) in [5.74, 6) is -1.34. The molecule has 0 saturated heterocycles. The molecule has 260 valence electrons. The summed E-state index contributed by atoms with van der Waals surface area (Å²) in [5, 5.41) is 5.16. The smallest absolute Gasteiger partial charge is 0.319 e. The van der Waals surface area contributed by atoms with Crippen LogP contribution in [0.4, 0.5) is 27.5 Å². The number of ether oxygens (including phenoxy) is 3. The van der Waals surface area contributed by atoms with E-state index in [2.05, 4.69) is 10.6 Å². The average molecular weight is 682 g/mol. The summed E-state index contributed by atoms with van der Waals surface area (Å²) in [6.07, 6.45) is -0.0225. The van der Waals surface area contributed by atoms with Crippen molar-refractivity contribution in [2.45, 2.75) is 6.42 Å². The minimum atomic E-state index is -0.737. The molecular formula is C37H39N5O8. The maximum atomic E-state index is 13.8. The van der Waals surface area contributed by atoms with Crippen molar-refractivity contribution in [1.82, 2.24) is 5.32 Å². The first-order valence-electron chi connectivity index (χ1n) is 15.5. The van der Waals surface area contributed by atoms with E-state index in [0.717, 1.165) is 0 Å². The van der Waals surface area contributed by atoms with E-state index in [1.165, 1.54) is 28.9 Å². The highest BCUT2D eigenvalue weighted by Crippen LogP contribution is 2.29. The van der Waals surface area contributed by atoms with Gasteiger partial charge in [-0.15, -0.1) is 0 Å². The summed E-state index contributed by atoms with van der Waals surface area (Å²) in [6.45, 7) is -1.27. The highest BCUT2D eigenvalue weighted by Gasteiger charge is 2.26. The molecule has 4 rings (SSSR count). The van der Waals surface area contributed by atoms with Crippen LogP contribution in [-0.2, 0) is 30.3 Å². The van der Waals surface area contributed by atoms with Crippen LogP contribution in [0.5, 0.6) is 11.5 Å². The van der Waals surface area contributed by atoms with Gasteiger partial charge < -0.3 is 34.6 Å². The molecule has 4 aromatic rings. The van der Waals surface area contributed by atoms with Gasteiger partial charge in [0.2, 0.25) is 11.8 Å². The van der Waals surface area contributed by atoms with Crippen molar-refractivity contribution >= 4 is 52.5 Å². The summed E-state index contributed by atoms with van der Waals surface area (Å²) in [4.78, 5) is 69.1. The topological polar surface area (TPSA) is 147 Å². The Morgan fingerprint density at radius 3 is 1.90 bits per heavy atom. The number of benzene rings is 4. The number of amides is 5. The molecule has 0 bridgehead atoms. The lowest BCUT2D eigenvalue weighted by Crippen LogP contribution is -2.46. The molecule has 0 aliphatic rings. The normalized spacial score (nSPS) is 10.3. The zero-order valence-electron chi connectivity index (χ0n) is 28.3. The first-order chi connectivity index (χ1) is 24.1. The predicted molar refractivity (Wildman–Crippen MR) is 190 cm³/mol. The standard InChI is InChI=1S/C37H39N5O8/c1-40(27-13-7-5-8-14-27)34(44)24-42(30-17-11-12-18-32(30)50-25-35(45)41(2)28-15-9-6-10-16-28)33(43)23-38-37(47)39-29-21-26(22-36(46)49-4)19-20-31(29)48-3/h5-21H,22-25H2,1-4H3,(H2,38,39,47). The second-order valence-electron chi connectivity index (χ2n) is 10.9. The van der Waals surface area contributed by atoms with Crippen molar-refractivity contribution < 1.29 is 38.2 Å². The van der Waals surface area contributed by atoms with E-state index in [0.29, 0.717) is 22.7 Å². The number of likely N-dealkylation sites (N-methyl/N-ethyl adjacent to an activating group) is 2. The van der Waals surface area contributed by atoms with Crippen LogP contribution in [0.2, 0.25) is 0 Å². The van der Waals surface area contributed by atoms with Crippen LogP contribution in [0.1, 0.15) is 5.56 Å². The molecule has 0 radical (unpaired) electrons. The van der Waals surface area contributed by atoms with Gasteiger partial charge in [0.1, 0.15) is 18.0 Å². The Balaban J connectivity index is 1.53. The molecule has 0 aromatic heterocycles. The zero-order chi connectivity index (χ0) is 36.0. The molecule has 0 heterocycles. The van der Waals surface area contributed by atoms with Gasteiger partial charge in [0.05, 0.1) is 38.6 Å². The minimum Gasteiger partial charge on any atom is -0.495 e. The number of carbonyl (C=O) groups excluding carboxylic acids is 5. The number of carbonyl (C=O) groups is 5. The number of rotatable bonds is 14. The molecule has 0 aliphatic carbocycles. The van der Waals surface area contributed by atoms with Crippen molar-refractivity contribution in [2.24, 2.45) is 0 Å². The Morgan fingerprint density at radius 1 is 0.680 bits per heavy atom. The average Bonchev–Trinajstić information content (AvgIpc) is 3.15. The first-order valence-corrected chi connectivity index (χ1v) is 15.5. The van der Waals surface area contributed by atoms with E-state index in [-0.39, 0.29) is 36.1 Å². The zero-order valence-corrected chi connectivity index (χ0v) is 28.3. The molecule has 0 fully saturated rings. The highest BCUT2D eigenvalue weighted by atomic mass is 16.5. The quantitative estimate of drug-likeness (QED) is 0.188. The van der Waals surface area contributed by atoms with Crippen molar-refractivity contribution in [3.63, 3.8) is 0 Å². The van der Waals surface area contributed by atoms with E-state index in [4.69, 9.17) is 14.2 Å². The molecule has 13 heteroatoms. The molecule has 4 aromatic carbocycles. The van der Waals surface area contributed by atoms with Crippen molar-refractivity contribution in [3.8, 4) is 11.5 Å². The van der Waals surface area contributed by atoms with Gasteiger partial charge in [0.15, 0.2) is 6.61 Å². The van der Waals surface area contributed by atoms with Gasteiger partial charge in [0, 0.05) is 25.5 Å². The highest BCUT2D eigenvalue weighted by molar-refractivity contribution is 6.06. The number of urea groups is 1. The van der Waals surface area contributed by atoms with Crippen molar-refractivity contribution in [2.75, 3.05) is 68.0 Å². The number of para-hydroxylation sites is 4. The predicted octanol–water partition coefficient (Wildman–Crippen LogP) is 4.27. The summed E-state index contributed by atoms with van der Waals surface area (Å²) in [7, 11) is 5.92. The second-order valence-corrected chi connectivity index (χ2v) is 10.9. The van der Waals surface area contributed by atoms with Crippen LogP contribution in [0, 0.1) is 0 Å². The van der Waals surface area contributed by atoms with Crippen LogP contribution >= 0.6 is 0 Å². The van der Waals surface area contributed by atoms with Crippen LogP contribution in [-0.4, -0.2) is 77.7 Å². The van der Waals surface area contributed by atoms with Crippen LogP contribution < -0.4 is 34.8 Å². The fraction of sp³-hybridized carbons (Fsp3) is 0.216. The van der Waals surface area contributed by atoms with Gasteiger partial charge >= 0.3 is 12.0 Å². The number of nitrogens with zero attached hydrogens (tertiary/aromatic N) is 3. The van der Waals surface area contributed by atoms with Gasteiger partial charge in [-0.25, -0.2) is 4.79 Å². The minimum absolute atomic E-state index is 0.0225. The lowest BCUT2D eigenvalue weighted by atomic mass is 10.1. The molecule has 0 aliphatic heterocycles. The van der Waals surface area contributed by atoms with Crippen LogP contribution in [0.25, 0.3) is 0 Å². The third kappa shape index (κ3) is 9.83.